The normalized spacial score (nSPS) is 11.0. The van der Waals surface area contributed by atoms with Crippen LogP contribution in [0.25, 0.3) is 22.2 Å². The van der Waals surface area contributed by atoms with E-state index in [9.17, 15) is 9.18 Å². The zero-order valence-corrected chi connectivity index (χ0v) is 9.53. The van der Waals surface area contributed by atoms with E-state index in [0.29, 0.717) is 16.6 Å². The van der Waals surface area contributed by atoms with Crippen molar-refractivity contribution in [1.82, 2.24) is 9.97 Å². The van der Waals surface area contributed by atoms with Crippen molar-refractivity contribution in [3.8, 4) is 11.1 Å². The van der Waals surface area contributed by atoms with Crippen molar-refractivity contribution >= 4 is 11.1 Å². The molecule has 2 aromatic heterocycles. The average Bonchev–Trinajstić information content (AvgIpc) is 2.73. The fraction of sp³-hybridized carbons (Fsp3) is 0.0769. The standard InChI is InChI=1S/C13H9FN2O2/c1-7-4-5-15-6-9(7)8-2-3-10-12(11(8)14)18-13(17)16-10/h2-6H,1H3,(H,16,17). The Hall–Kier alpha value is -2.43. The predicted molar refractivity (Wildman–Crippen MR) is 64.8 cm³/mol. The minimum atomic E-state index is -0.663. The third kappa shape index (κ3) is 1.52. The van der Waals surface area contributed by atoms with E-state index in [1.807, 2.05) is 6.92 Å². The van der Waals surface area contributed by atoms with E-state index in [4.69, 9.17) is 4.42 Å². The highest BCUT2D eigenvalue weighted by Gasteiger charge is 2.14. The molecule has 0 aliphatic rings. The molecular formula is C13H9FN2O2. The van der Waals surface area contributed by atoms with Gasteiger partial charge in [-0.3, -0.25) is 9.97 Å². The van der Waals surface area contributed by atoms with E-state index >= 15 is 0 Å². The summed E-state index contributed by atoms with van der Waals surface area (Å²) in [7, 11) is 0. The predicted octanol–water partition coefficient (Wildman–Crippen LogP) is 2.63. The molecule has 90 valence electrons. The number of pyridine rings is 1. The summed E-state index contributed by atoms with van der Waals surface area (Å²) in [4.78, 5) is 17.5. The van der Waals surface area contributed by atoms with E-state index in [-0.39, 0.29) is 5.58 Å². The number of aryl methyl sites for hydroxylation is 1. The lowest BCUT2D eigenvalue weighted by atomic mass is 10.0. The molecular weight excluding hydrogens is 235 g/mol. The summed E-state index contributed by atoms with van der Waals surface area (Å²) in [5.74, 6) is -1.22. The number of oxazole rings is 1. The Morgan fingerprint density at radius 3 is 2.89 bits per heavy atom. The molecule has 0 bridgehead atoms. The molecule has 0 atom stereocenters. The third-order valence-corrected chi connectivity index (χ3v) is 2.86. The maximum absolute atomic E-state index is 14.3. The maximum Gasteiger partial charge on any atom is 0.417 e. The molecule has 5 heteroatoms. The Morgan fingerprint density at radius 1 is 1.28 bits per heavy atom. The molecule has 0 radical (unpaired) electrons. The van der Waals surface area contributed by atoms with Crippen LogP contribution in [0.2, 0.25) is 0 Å². The molecule has 1 N–H and O–H groups in total. The van der Waals surface area contributed by atoms with Crippen molar-refractivity contribution in [3.63, 3.8) is 0 Å². The van der Waals surface area contributed by atoms with Gasteiger partial charge in [0.1, 0.15) is 0 Å². The molecule has 4 nitrogen and oxygen atoms in total. The van der Waals surface area contributed by atoms with Gasteiger partial charge < -0.3 is 4.42 Å². The lowest BCUT2D eigenvalue weighted by Gasteiger charge is -2.06. The molecule has 3 rings (SSSR count). The van der Waals surface area contributed by atoms with Gasteiger partial charge in [-0.1, -0.05) is 0 Å². The largest absolute Gasteiger partial charge is 0.417 e. The first-order chi connectivity index (χ1) is 8.66. The molecule has 0 saturated heterocycles. The lowest BCUT2D eigenvalue weighted by molar-refractivity contribution is 0.524. The van der Waals surface area contributed by atoms with E-state index in [1.165, 1.54) is 0 Å². The first-order valence-electron chi connectivity index (χ1n) is 5.39. The van der Waals surface area contributed by atoms with Crippen LogP contribution in [0.15, 0.2) is 39.8 Å². The summed E-state index contributed by atoms with van der Waals surface area (Å²) in [6, 6.07) is 5.02. The first kappa shape index (κ1) is 10.7. The lowest BCUT2D eigenvalue weighted by Crippen LogP contribution is -1.92. The fourth-order valence-corrected chi connectivity index (χ4v) is 1.94. The van der Waals surface area contributed by atoms with Crippen molar-refractivity contribution in [2.75, 3.05) is 0 Å². The number of nitrogens with zero attached hydrogens (tertiary/aromatic N) is 1. The topological polar surface area (TPSA) is 58.9 Å². The second-order valence-corrected chi connectivity index (χ2v) is 4.01. The van der Waals surface area contributed by atoms with Crippen molar-refractivity contribution in [2.24, 2.45) is 0 Å². The van der Waals surface area contributed by atoms with Gasteiger partial charge in [-0.15, -0.1) is 0 Å². The van der Waals surface area contributed by atoms with Crippen LogP contribution >= 0.6 is 0 Å². The summed E-state index contributed by atoms with van der Waals surface area (Å²) in [5.41, 5.74) is 2.25. The van der Waals surface area contributed by atoms with Gasteiger partial charge in [-0.2, -0.15) is 0 Å². The van der Waals surface area contributed by atoms with Gasteiger partial charge in [0.2, 0.25) is 0 Å². The van der Waals surface area contributed by atoms with E-state index in [1.54, 1.807) is 30.6 Å². The Morgan fingerprint density at radius 2 is 2.11 bits per heavy atom. The third-order valence-electron chi connectivity index (χ3n) is 2.86. The molecule has 0 amide bonds. The van der Waals surface area contributed by atoms with Gasteiger partial charge in [0, 0.05) is 23.5 Å². The number of hydrogen-bond donors (Lipinski definition) is 1. The minimum absolute atomic E-state index is 0.0549. The Bertz CT molecular complexity index is 789. The van der Waals surface area contributed by atoms with Crippen molar-refractivity contribution < 1.29 is 8.81 Å². The number of halogens is 1. The number of fused-ring (bicyclic) bond motifs is 1. The molecule has 0 aliphatic heterocycles. The molecule has 1 aromatic carbocycles. The SMILES string of the molecule is Cc1ccncc1-c1ccc2[nH]c(=O)oc2c1F. The molecule has 0 unspecified atom stereocenters. The van der Waals surface area contributed by atoms with Crippen LogP contribution in [0.1, 0.15) is 5.56 Å². The van der Waals surface area contributed by atoms with Gasteiger partial charge in [0.25, 0.3) is 0 Å². The monoisotopic (exact) mass is 244 g/mol. The van der Waals surface area contributed by atoms with Crippen LogP contribution < -0.4 is 5.76 Å². The zero-order valence-electron chi connectivity index (χ0n) is 9.53. The van der Waals surface area contributed by atoms with Crippen LogP contribution in [0, 0.1) is 12.7 Å². The molecule has 0 spiro atoms. The van der Waals surface area contributed by atoms with Gasteiger partial charge in [0.05, 0.1) is 5.52 Å². The van der Waals surface area contributed by atoms with Crippen LogP contribution in [-0.2, 0) is 0 Å². The zero-order chi connectivity index (χ0) is 12.7. The first-order valence-corrected chi connectivity index (χ1v) is 5.39. The van der Waals surface area contributed by atoms with Crippen LogP contribution in [0.4, 0.5) is 4.39 Å². The van der Waals surface area contributed by atoms with Crippen molar-refractivity contribution in [3.05, 3.63) is 52.5 Å². The molecule has 0 saturated carbocycles. The second-order valence-electron chi connectivity index (χ2n) is 4.01. The molecule has 2 heterocycles. The number of benzene rings is 1. The van der Waals surface area contributed by atoms with E-state index in [0.717, 1.165) is 5.56 Å². The number of aromatic nitrogens is 2. The number of rotatable bonds is 1. The second kappa shape index (κ2) is 3.80. The maximum atomic E-state index is 14.3. The summed E-state index contributed by atoms with van der Waals surface area (Å²) < 4.78 is 19.1. The quantitative estimate of drug-likeness (QED) is 0.715. The highest BCUT2D eigenvalue weighted by atomic mass is 19.1. The number of H-pyrrole nitrogens is 1. The summed E-state index contributed by atoms with van der Waals surface area (Å²) in [6.07, 6.45) is 3.23. The fourth-order valence-electron chi connectivity index (χ4n) is 1.94. The van der Waals surface area contributed by atoms with Gasteiger partial charge in [-0.25, -0.2) is 9.18 Å². The highest BCUT2D eigenvalue weighted by Crippen LogP contribution is 2.29. The molecule has 0 aliphatic carbocycles. The Kier molecular flexibility index (Phi) is 2.26. The number of aromatic amines is 1. The highest BCUT2D eigenvalue weighted by molar-refractivity contribution is 5.81. The van der Waals surface area contributed by atoms with Gasteiger partial charge >= 0.3 is 5.76 Å². The molecule has 18 heavy (non-hydrogen) atoms. The van der Waals surface area contributed by atoms with Crippen LogP contribution in [-0.4, -0.2) is 9.97 Å². The minimum Gasteiger partial charge on any atom is -0.405 e. The summed E-state index contributed by atoms with van der Waals surface area (Å²) in [5, 5.41) is 0. The van der Waals surface area contributed by atoms with E-state index < -0.39 is 11.6 Å². The van der Waals surface area contributed by atoms with Gasteiger partial charge in [-0.05, 0) is 30.7 Å². The van der Waals surface area contributed by atoms with Crippen LogP contribution in [0.5, 0.6) is 0 Å². The summed E-state index contributed by atoms with van der Waals surface area (Å²) >= 11 is 0. The molecule has 0 fully saturated rings. The van der Waals surface area contributed by atoms with E-state index in [2.05, 4.69) is 9.97 Å². The smallest absolute Gasteiger partial charge is 0.405 e. The Labute approximate surface area is 101 Å². The summed E-state index contributed by atoms with van der Waals surface area (Å²) in [6.45, 7) is 1.87. The van der Waals surface area contributed by atoms with Crippen LogP contribution in [0.3, 0.4) is 0 Å². The molecule has 3 aromatic rings. The number of hydrogen-bond acceptors (Lipinski definition) is 3. The average molecular weight is 244 g/mol. The van der Waals surface area contributed by atoms with Gasteiger partial charge in [0.15, 0.2) is 11.4 Å². The Balaban J connectivity index is 2.34. The number of nitrogens with one attached hydrogen (secondary N) is 1. The van der Waals surface area contributed by atoms with Crippen molar-refractivity contribution in [1.29, 1.82) is 0 Å². The van der Waals surface area contributed by atoms with Crippen molar-refractivity contribution in [2.45, 2.75) is 6.92 Å².